The van der Waals surface area contributed by atoms with Crippen molar-refractivity contribution < 1.29 is 9.18 Å². The molecule has 3 rings (SSSR count). The SMILES string of the molecule is Cc1ccc2nc(C)c(C(=O)N/N=C\c3c(F)cccc3Cl)cc2c1. The van der Waals surface area contributed by atoms with Crippen molar-refractivity contribution >= 4 is 34.6 Å². The van der Waals surface area contributed by atoms with E-state index in [2.05, 4.69) is 15.5 Å². The topological polar surface area (TPSA) is 54.4 Å². The van der Waals surface area contributed by atoms with E-state index < -0.39 is 11.7 Å². The third kappa shape index (κ3) is 3.67. The Kier molecular flexibility index (Phi) is 4.76. The molecule has 1 aromatic heterocycles. The molecular formula is C19H15ClFN3O. The molecule has 1 amide bonds. The van der Waals surface area contributed by atoms with Gasteiger partial charge in [0.15, 0.2) is 0 Å². The molecule has 3 aromatic rings. The number of carbonyl (C=O) groups excluding carboxylic acids is 1. The molecule has 0 aliphatic carbocycles. The second-order valence-electron chi connectivity index (χ2n) is 5.65. The second-order valence-corrected chi connectivity index (χ2v) is 6.06. The molecule has 0 saturated heterocycles. The van der Waals surface area contributed by atoms with Gasteiger partial charge >= 0.3 is 0 Å². The second kappa shape index (κ2) is 6.99. The van der Waals surface area contributed by atoms with Gasteiger partial charge in [0.2, 0.25) is 0 Å². The molecule has 4 nitrogen and oxygen atoms in total. The minimum absolute atomic E-state index is 0.119. The van der Waals surface area contributed by atoms with Gasteiger partial charge in [-0.2, -0.15) is 5.10 Å². The fourth-order valence-corrected chi connectivity index (χ4v) is 2.68. The van der Waals surface area contributed by atoms with E-state index in [0.29, 0.717) is 11.3 Å². The highest BCUT2D eigenvalue weighted by molar-refractivity contribution is 6.33. The number of hydrogen-bond acceptors (Lipinski definition) is 3. The van der Waals surface area contributed by atoms with Crippen LogP contribution in [0.4, 0.5) is 4.39 Å². The van der Waals surface area contributed by atoms with Gasteiger partial charge in [0.05, 0.1) is 28.0 Å². The van der Waals surface area contributed by atoms with Crippen molar-refractivity contribution in [3.63, 3.8) is 0 Å². The lowest BCUT2D eigenvalue weighted by molar-refractivity contribution is 0.0954. The van der Waals surface area contributed by atoms with Crippen LogP contribution in [-0.2, 0) is 0 Å². The molecule has 1 N–H and O–H groups in total. The largest absolute Gasteiger partial charge is 0.273 e. The molecule has 0 radical (unpaired) electrons. The number of rotatable bonds is 3. The van der Waals surface area contributed by atoms with E-state index in [9.17, 15) is 9.18 Å². The summed E-state index contributed by atoms with van der Waals surface area (Å²) in [4.78, 5) is 16.8. The van der Waals surface area contributed by atoms with Crippen LogP contribution in [0.3, 0.4) is 0 Å². The van der Waals surface area contributed by atoms with Crippen molar-refractivity contribution in [2.75, 3.05) is 0 Å². The van der Waals surface area contributed by atoms with E-state index in [1.165, 1.54) is 18.3 Å². The van der Waals surface area contributed by atoms with Crippen LogP contribution < -0.4 is 5.43 Å². The molecule has 0 spiro atoms. The summed E-state index contributed by atoms with van der Waals surface area (Å²) in [6.45, 7) is 3.73. The smallest absolute Gasteiger partial charge is 0.267 e. The van der Waals surface area contributed by atoms with Gasteiger partial charge in [-0.1, -0.05) is 29.3 Å². The first-order valence-electron chi connectivity index (χ1n) is 7.61. The lowest BCUT2D eigenvalue weighted by Gasteiger charge is -2.07. The standard InChI is InChI=1S/C19H15ClFN3O/c1-11-6-7-18-13(8-11)9-14(12(2)23-18)19(25)24-22-10-15-16(20)4-3-5-17(15)21/h3-10H,1-2H3,(H,24,25)/b22-10-. The highest BCUT2D eigenvalue weighted by atomic mass is 35.5. The van der Waals surface area contributed by atoms with Gasteiger partial charge in [-0.05, 0) is 44.2 Å². The maximum absolute atomic E-state index is 13.7. The molecule has 6 heteroatoms. The molecule has 0 saturated carbocycles. The predicted molar refractivity (Wildman–Crippen MR) is 97.7 cm³/mol. The van der Waals surface area contributed by atoms with Gasteiger partial charge in [-0.15, -0.1) is 0 Å². The van der Waals surface area contributed by atoms with Crippen LogP contribution in [0, 0.1) is 19.7 Å². The third-order valence-corrected chi connectivity index (χ3v) is 4.09. The molecule has 126 valence electrons. The molecule has 0 fully saturated rings. The van der Waals surface area contributed by atoms with Gasteiger partial charge in [-0.3, -0.25) is 9.78 Å². The average molecular weight is 356 g/mol. The van der Waals surface area contributed by atoms with Crippen LogP contribution in [0.15, 0.2) is 47.6 Å². The van der Waals surface area contributed by atoms with Crippen LogP contribution in [0.1, 0.15) is 27.2 Å². The van der Waals surface area contributed by atoms with E-state index >= 15 is 0 Å². The zero-order chi connectivity index (χ0) is 18.0. The molecule has 0 aliphatic heterocycles. The number of carbonyl (C=O) groups is 1. The maximum Gasteiger partial charge on any atom is 0.273 e. The van der Waals surface area contributed by atoms with E-state index in [0.717, 1.165) is 16.5 Å². The first kappa shape index (κ1) is 17.0. The fraction of sp³-hybridized carbons (Fsp3) is 0.105. The van der Waals surface area contributed by atoms with Crippen LogP contribution in [-0.4, -0.2) is 17.1 Å². The molecule has 0 atom stereocenters. The Hall–Kier alpha value is -2.79. The number of halogens is 2. The highest BCUT2D eigenvalue weighted by Gasteiger charge is 2.11. The number of nitrogens with zero attached hydrogens (tertiary/aromatic N) is 2. The summed E-state index contributed by atoms with van der Waals surface area (Å²) in [6, 6.07) is 11.9. The zero-order valence-corrected chi connectivity index (χ0v) is 14.4. The monoisotopic (exact) mass is 355 g/mol. The number of aromatic nitrogens is 1. The van der Waals surface area contributed by atoms with Crippen molar-refractivity contribution in [1.82, 2.24) is 10.4 Å². The fourth-order valence-electron chi connectivity index (χ4n) is 2.47. The van der Waals surface area contributed by atoms with Crippen LogP contribution in [0.5, 0.6) is 0 Å². The van der Waals surface area contributed by atoms with Gasteiger partial charge in [0.1, 0.15) is 5.82 Å². The number of benzene rings is 2. The van der Waals surface area contributed by atoms with Crippen molar-refractivity contribution in [2.24, 2.45) is 5.10 Å². The van der Waals surface area contributed by atoms with Gasteiger partial charge in [0.25, 0.3) is 5.91 Å². The first-order chi connectivity index (χ1) is 12.0. The van der Waals surface area contributed by atoms with Gasteiger partial charge in [-0.25, -0.2) is 9.82 Å². The number of amides is 1. The van der Waals surface area contributed by atoms with E-state index in [-0.39, 0.29) is 10.6 Å². The van der Waals surface area contributed by atoms with Crippen LogP contribution >= 0.6 is 11.6 Å². The Balaban J connectivity index is 1.85. The predicted octanol–water partition coefficient (Wildman–Crippen LogP) is 4.41. The summed E-state index contributed by atoms with van der Waals surface area (Å²) in [5.74, 6) is -0.929. The van der Waals surface area contributed by atoms with Crippen molar-refractivity contribution in [3.8, 4) is 0 Å². The Labute approximate surface area is 149 Å². The van der Waals surface area contributed by atoms with Crippen LogP contribution in [0.25, 0.3) is 10.9 Å². The van der Waals surface area contributed by atoms with Crippen molar-refractivity contribution in [2.45, 2.75) is 13.8 Å². The summed E-state index contributed by atoms with van der Waals surface area (Å²) in [7, 11) is 0. The molecule has 0 bridgehead atoms. The average Bonchev–Trinajstić information content (AvgIpc) is 2.57. The first-order valence-corrected chi connectivity index (χ1v) is 7.99. The third-order valence-electron chi connectivity index (χ3n) is 3.76. The summed E-state index contributed by atoms with van der Waals surface area (Å²) in [5, 5.41) is 4.89. The Bertz CT molecular complexity index is 981. The lowest BCUT2D eigenvalue weighted by Crippen LogP contribution is -2.19. The van der Waals surface area contributed by atoms with Crippen molar-refractivity contribution in [1.29, 1.82) is 0 Å². The number of hydrazone groups is 1. The Morgan fingerprint density at radius 3 is 2.80 bits per heavy atom. The minimum Gasteiger partial charge on any atom is -0.267 e. The van der Waals surface area contributed by atoms with E-state index in [4.69, 9.17) is 11.6 Å². The number of fused-ring (bicyclic) bond motifs is 1. The summed E-state index contributed by atoms with van der Waals surface area (Å²) in [5.41, 5.74) is 5.41. The minimum atomic E-state index is -0.510. The number of hydrogen-bond donors (Lipinski definition) is 1. The van der Waals surface area contributed by atoms with Crippen LogP contribution in [0.2, 0.25) is 5.02 Å². The zero-order valence-electron chi connectivity index (χ0n) is 13.7. The molecule has 25 heavy (non-hydrogen) atoms. The molecule has 1 heterocycles. The summed E-state index contributed by atoms with van der Waals surface area (Å²) in [6.07, 6.45) is 1.18. The van der Waals surface area contributed by atoms with E-state index in [1.54, 1.807) is 19.1 Å². The maximum atomic E-state index is 13.7. The Morgan fingerprint density at radius 2 is 2.04 bits per heavy atom. The van der Waals surface area contributed by atoms with Crippen molar-refractivity contribution in [3.05, 3.63) is 75.7 Å². The normalized spacial score (nSPS) is 11.2. The lowest BCUT2D eigenvalue weighted by atomic mass is 10.1. The molecular weight excluding hydrogens is 341 g/mol. The highest BCUT2D eigenvalue weighted by Crippen LogP contribution is 2.19. The van der Waals surface area contributed by atoms with Gasteiger partial charge in [0, 0.05) is 10.9 Å². The number of aryl methyl sites for hydroxylation is 2. The number of nitrogens with one attached hydrogen (secondary N) is 1. The Morgan fingerprint density at radius 1 is 1.24 bits per heavy atom. The van der Waals surface area contributed by atoms with E-state index in [1.807, 2.05) is 25.1 Å². The van der Waals surface area contributed by atoms with Gasteiger partial charge < -0.3 is 0 Å². The summed E-state index contributed by atoms with van der Waals surface area (Å²) >= 11 is 5.91. The summed E-state index contributed by atoms with van der Waals surface area (Å²) < 4.78 is 13.7. The molecule has 0 aliphatic rings. The quantitative estimate of drug-likeness (QED) is 0.559. The molecule has 2 aromatic carbocycles. The molecule has 0 unspecified atom stereocenters. The number of pyridine rings is 1.